The van der Waals surface area contributed by atoms with E-state index in [0.29, 0.717) is 5.41 Å². The monoisotopic (exact) mass is 379 g/mol. The predicted octanol–water partition coefficient (Wildman–Crippen LogP) is 4.54. The lowest BCUT2D eigenvalue weighted by molar-refractivity contribution is -0.00861. The van der Waals surface area contributed by atoms with Crippen LogP contribution in [-0.2, 0) is 10.2 Å². The molecular weight excluding hydrogens is 346 g/mol. The maximum Gasteiger partial charge on any atom is 0.315 e. The van der Waals surface area contributed by atoms with E-state index in [2.05, 4.69) is 36.8 Å². The zero-order valence-electron chi connectivity index (χ0n) is 16.6. The molecule has 2 amide bonds. The Morgan fingerprint density at radius 2 is 1.92 bits per heavy atom. The Kier molecular flexibility index (Phi) is 5.92. The van der Waals surface area contributed by atoms with Crippen LogP contribution >= 0.6 is 11.3 Å². The highest BCUT2D eigenvalue weighted by Crippen LogP contribution is 2.44. The minimum absolute atomic E-state index is 0.0406. The van der Waals surface area contributed by atoms with Crippen LogP contribution in [0.1, 0.15) is 83.0 Å². The quantitative estimate of drug-likeness (QED) is 0.810. The molecule has 6 heteroatoms. The van der Waals surface area contributed by atoms with Crippen molar-refractivity contribution in [1.82, 2.24) is 15.6 Å². The smallest absolute Gasteiger partial charge is 0.315 e. The van der Waals surface area contributed by atoms with Gasteiger partial charge in [0, 0.05) is 30.1 Å². The second-order valence-electron chi connectivity index (χ2n) is 9.05. The number of ether oxygens (including phenoxy) is 1. The Labute approximate surface area is 161 Å². The van der Waals surface area contributed by atoms with Crippen LogP contribution in [0.3, 0.4) is 0 Å². The van der Waals surface area contributed by atoms with E-state index in [9.17, 15) is 4.79 Å². The number of nitrogens with zero attached hydrogens (tertiary/aromatic N) is 1. The molecule has 3 rings (SSSR count). The lowest BCUT2D eigenvalue weighted by atomic mass is 9.68. The summed E-state index contributed by atoms with van der Waals surface area (Å²) in [5.41, 5.74) is 1.60. The Bertz CT molecular complexity index is 607. The van der Waals surface area contributed by atoms with Crippen molar-refractivity contribution in [3.8, 4) is 0 Å². The molecule has 2 N–H and O–H groups in total. The highest BCUT2D eigenvalue weighted by molar-refractivity contribution is 7.09. The summed E-state index contributed by atoms with van der Waals surface area (Å²) in [6.07, 6.45) is 6.93. The highest BCUT2D eigenvalue weighted by atomic mass is 32.1. The molecule has 1 aliphatic carbocycles. The average Bonchev–Trinajstić information content (AvgIpc) is 3.08. The van der Waals surface area contributed by atoms with E-state index < -0.39 is 0 Å². The minimum atomic E-state index is -0.0714. The number of aromatic nitrogens is 1. The van der Waals surface area contributed by atoms with Gasteiger partial charge < -0.3 is 15.4 Å². The number of urea groups is 1. The largest absolute Gasteiger partial charge is 0.381 e. The summed E-state index contributed by atoms with van der Waals surface area (Å²) in [6.45, 7) is 10.3. The van der Waals surface area contributed by atoms with Gasteiger partial charge in [0.05, 0.1) is 11.7 Å². The number of rotatable bonds is 3. The van der Waals surface area contributed by atoms with Crippen LogP contribution in [0.2, 0.25) is 0 Å². The number of carbonyl (C=O) groups excluding carboxylic acids is 1. The summed E-state index contributed by atoms with van der Waals surface area (Å²) < 4.78 is 5.51. The van der Waals surface area contributed by atoms with Gasteiger partial charge in [0.25, 0.3) is 0 Å². The van der Waals surface area contributed by atoms with Crippen LogP contribution < -0.4 is 10.6 Å². The number of hydrogen-bond donors (Lipinski definition) is 2. The molecule has 2 aliphatic rings. The Balaban J connectivity index is 1.46. The van der Waals surface area contributed by atoms with E-state index >= 15 is 0 Å². The molecule has 1 aliphatic heterocycles. The van der Waals surface area contributed by atoms with Gasteiger partial charge in [-0.05, 0) is 50.9 Å². The molecule has 1 aromatic heterocycles. The molecule has 0 radical (unpaired) electrons. The van der Waals surface area contributed by atoms with Crippen molar-refractivity contribution in [2.45, 2.75) is 83.7 Å². The van der Waals surface area contributed by atoms with E-state index in [1.54, 1.807) is 11.3 Å². The van der Waals surface area contributed by atoms with E-state index in [-0.39, 0.29) is 23.5 Å². The van der Waals surface area contributed by atoms with Gasteiger partial charge in [-0.3, -0.25) is 0 Å². The molecule has 2 fully saturated rings. The fraction of sp³-hybridized carbons (Fsp3) is 0.800. The minimum Gasteiger partial charge on any atom is -0.381 e. The number of amides is 2. The van der Waals surface area contributed by atoms with Crippen molar-refractivity contribution >= 4 is 17.4 Å². The van der Waals surface area contributed by atoms with Crippen molar-refractivity contribution in [1.29, 1.82) is 0 Å². The van der Waals surface area contributed by atoms with Crippen LogP contribution in [0.25, 0.3) is 0 Å². The van der Waals surface area contributed by atoms with Gasteiger partial charge in [-0.2, -0.15) is 0 Å². The van der Waals surface area contributed by atoms with E-state index in [1.165, 1.54) is 25.7 Å². The predicted molar refractivity (Wildman–Crippen MR) is 106 cm³/mol. The third kappa shape index (κ3) is 4.77. The first-order valence-electron chi connectivity index (χ1n) is 9.88. The molecule has 5 nitrogen and oxygen atoms in total. The fourth-order valence-corrected chi connectivity index (χ4v) is 5.05. The second kappa shape index (κ2) is 7.85. The molecule has 1 unspecified atom stereocenters. The number of hydrogen-bond acceptors (Lipinski definition) is 4. The molecule has 0 bridgehead atoms. The molecule has 146 valence electrons. The summed E-state index contributed by atoms with van der Waals surface area (Å²) in [5.74, 6) is 0. The fourth-order valence-electron chi connectivity index (χ4n) is 4.00. The molecule has 2 heterocycles. The molecule has 1 saturated carbocycles. The topological polar surface area (TPSA) is 63.2 Å². The number of nitrogens with one attached hydrogen (secondary N) is 2. The van der Waals surface area contributed by atoms with Crippen molar-refractivity contribution in [3.05, 3.63) is 16.1 Å². The third-order valence-electron chi connectivity index (χ3n) is 5.94. The van der Waals surface area contributed by atoms with Crippen molar-refractivity contribution in [2.24, 2.45) is 5.41 Å². The van der Waals surface area contributed by atoms with Gasteiger partial charge in [0.2, 0.25) is 0 Å². The Hall–Kier alpha value is -1.14. The molecule has 26 heavy (non-hydrogen) atoms. The van der Waals surface area contributed by atoms with Crippen LogP contribution in [0.15, 0.2) is 5.38 Å². The van der Waals surface area contributed by atoms with E-state index in [4.69, 9.17) is 9.72 Å². The molecular formula is C20H33N3O2S. The standard InChI is InChI=1S/C20H33N3O2S/c1-14(17-23-16(13-26-17)19(2,3)4)21-18(24)22-15-5-7-20(8-6-15)9-11-25-12-10-20/h13-15H,5-12H2,1-4H3,(H2,21,22,24). The normalized spacial score (nSPS) is 22.2. The van der Waals surface area contributed by atoms with Crippen LogP contribution in [0.4, 0.5) is 4.79 Å². The summed E-state index contributed by atoms with van der Waals surface area (Å²) in [5, 5.41) is 9.30. The number of thiazole rings is 1. The van der Waals surface area contributed by atoms with Crippen LogP contribution in [-0.4, -0.2) is 30.3 Å². The average molecular weight is 380 g/mol. The van der Waals surface area contributed by atoms with Crippen molar-refractivity contribution < 1.29 is 9.53 Å². The summed E-state index contributed by atoms with van der Waals surface area (Å²) in [7, 11) is 0. The third-order valence-corrected chi connectivity index (χ3v) is 6.97. The first-order chi connectivity index (χ1) is 12.3. The maximum atomic E-state index is 12.4. The molecule has 0 aromatic carbocycles. The van der Waals surface area contributed by atoms with Crippen LogP contribution in [0, 0.1) is 5.41 Å². The molecule has 1 saturated heterocycles. The summed E-state index contributed by atoms with van der Waals surface area (Å²) in [4.78, 5) is 17.1. The van der Waals surface area contributed by atoms with Gasteiger partial charge in [-0.1, -0.05) is 20.8 Å². The lowest BCUT2D eigenvalue weighted by Gasteiger charge is -2.42. The van der Waals surface area contributed by atoms with E-state index in [0.717, 1.165) is 36.8 Å². The molecule has 1 atom stereocenters. The molecule has 1 spiro atoms. The van der Waals surface area contributed by atoms with Crippen molar-refractivity contribution in [2.75, 3.05) is 13.2 Å². The van der Waals surface area contributed by atoms with Gasteiger partial charge >= 0.3 is 6.03 Å². The SMILES string of the molecule is CC(NC(=O)NC1CCC2(CCOCC2)CC1)c1nc(C(C)(C)C)cs1. The Morgan fingerprint density at radius 1 is 1.27 bits per heavy atom. The van der Waals surface area contributed by atoms with Gasteiger partial charge in [-0.15, -0.1) is 11.3 Å². The number of carbonyl (C=O) groups is 1. The maximum absolute atomic E-state index is 12.4. The molecule has 1 aromatic rings. The summed E-state index contributed by atoms with van der Waals surface area (Å²) in [6, 6.07) is 0.150. The summed E-state index contributed by atoms with van der Waals surface area (Å²) >= 11 is 1.62. The zero-order valence-corrected chi connectivity index (χ0v) is 17.4. The first-order valence-corrected chi connectivity index (χ1v) is 10.8. The Morgan fingerprint density at radius 3 is 2.50 bits per heavy atom. The van der Waals surface area contributed by atoms with Crippen LogP contribution in [0.5, 0.6) is 0 Å². The first kappa shape index (κ1) is 19.6. The highest BCUT2D eigenvalue weighted by Gasteiger charge is 2.37. The van der Waals surface area contributed by atoms with Gasteiger partial charge in [0.15, 0.2) is 0 Å². The van der Waals surface area contributed by atoms with Gasteiger partial charge in [-0.25, -0.2) is 9.78 Å². The van der Waals surface area contributed by atoms with Gasteiger partial charge in [0.1, 0.15) is 5.01 Å². The van der Waals surface area contributed by atoms with E-state index in [1.807, 2.05) is 6.92 Å². The second-order valence-corrected chi connectivity index (χ2v) is 9.94. The van der Waals surface area contributed by atoms with Crippen molar-refractivity contribution in [3.63, 3.8) is 0 Å². The zero-order chi connectivity index (χ0) is 18.8. The lowest BCUT2D eigenvalue weighted by Crippen LogP contribution is -2.46.